The van der Waals surface area contributed by atoms with Gasteiger partial charge in [-0.1, -0.05) is 11.6 Å². The van der Waals surface area contributed by atoms with Crippen molar-refractivity contribution in [2.45, 2.75) is 25.7 Å². The van der Waals surface area contributed by atoms with Crippen molar-refractivity contribution in [3.63, 3.8) is 0 Å². The monoisotopic (exact) mass is 412 g/mol. The number of aromatic nitrogens is 4. The van der Waals surface area contributed by atoms with Crippen LogP contribution >= 0.6 is 11.6 Å². The van der Waals surface area contributed by atoms with Gasteiger partial charge in [0.2, 0.25) is 0 Å². The molecular formula is C15H13ClN4O6S. The smallest absolute Gasteiger partial charge is 0.316 e. The fourth-order valence-corrected chi connectivity index (χ4v) is 3.88. The summed E-state index contributed by atoms with van der Waals surface area (Å²) in [5.41, 5.74) is -0.00119. The molecule has 0 unspecified atom stereocenters. The van der Waals surface area contributed by atoms with E-state index in [4.69, 9.17) is 11.6 Å². The van der Waals surface area contributed by atoms with E-state index in [0.717, 1.165) is 0 Å². The van der Waals surface area contributed by atoms with Crippen LogP contribution in [0.25, 0.3) is 16.7 Å². The summed E-state index contributed by atoms with van der Waals surface area (Å²) in [6, 6.07) is 3.24. The van der Waals surface area contributed by atoms with Crippen LogP contribution in [0.4, 0.5) is 0 Å². The van der Waals surface area contributed by atoms with E-state index in [2.05, 4.69) is 18.3 Å². The van der Waals surface area contributed by atoms with E-state index in [1.807, 2.05) is 0 Å². The largest absolute Gasteiger partial charge is 0.404 e. The van der Waals surface area contributed by atoms with Crippen LogP contribution in [0, 0.1) is 0 Å². The molecule has 1 aliphatic rings. The topological polar surface area (TPSA) is 125 Å². The number of benzene rings is 1. The molecule has 0 amide bonds. The van der Waals surface area contributed by atoms with Crippen molar-refractivity contribution in [2.24, 2.45) is 0 Å². The normalized spacial score (nSPS) is 16.5. The number of fused-ring (bicyclic) bond motifs is 1. The second-order valence-electron chi connectivity index (χ2n) is 5.87. The van der Waals surface area contributed by atoms with E-state index >= 15 is 0 Å². The minimum Gasteiger partial charge on any atom is -0.316 e. The molecule has 1 saturated heterocycles. The van der Waals surface area contributed by atoms with E-state index in [9.17, 15) is 18.0 Å². The molecule has 1 aromatic carbocycles. The van der Waals surface area contributed by atoms with Crippen molar-refractivity contribution >= 4 is 33.0 Å². The second-order valence-corrected chi connectivity index (χ2v) is 7.48. The van der Waals surface area contributed by atoms with Gasteiger partial charge in [-0.05, 0) is 18.6 Å². The molecule has 0 aliphatic carbocycles. The van der Waals surface area contributed by atoms with E-state index in [-0.39, 0.29) is 13.0 Å². The molecule has 0 saturated carbocycles. The maximum Gasteiger partial charge on any atom is 0.404 e. The van der Waals surface area contributed by atoms with Crippen molar-refractivity contribution < 1.29 is 16.8 Å². The first-order valence-electron chi connectivity index (χ1n) is 7.90. The van der Waals surface area contributed by atoms with Crippen LogP contribution in [0.2, 0.25) is 5.02 Å². The van der Waals surface area contributed by atoms with E-state index < -0.39 is 27.8 Å². The third-order valence-corrected chi connectivity index (χ3v) is 5.30. The Balaban J connectivity index is 1.69. The molecule has 1 fully saturated rings. The zero-order valence-corrected chi connectivity index (χ0v) is 15.2. The Kier molecular flexibility index (Phi) is 4.38. The third-order valence-electron chi connectivity index (χ3n) is 4.10. The summed E-state index contributed by atoms with van der Waals surface area (Å²) in [7, 11) is -3.86. The average molecular weight is 413 g/mol. The Hall–Kier alpha value is -2.47. The highest BCUT2D eigenvalue weighted by atomic mass is 35.5. The lowest BCUT2D eigenvalue weighted by atomic mass is 10.2. The van der Waals surface area contributed by atoms with Crippen LogP contribution in [0.1, 0.15) is 12.8 Å². The third kappa shape index (κ3) is 3.41. The summed E-state index contributed by atoms with van der Waals surface area (Å²) in [6.45, 7) is 0.174. The summed E-state index contributed by atoms with van der Waals surface area (Å²) in [5, 5.41) is 0.378. The standard InChI is InChI=1S/C15H13ClN4O6S/c16-9-6-10-12(7-11(9)19-5-3-17-8-19)20(15(22)14(21)18-10)4-1-2-13-25-27(23,24)26-13/h3,5-8,13H,1-2,4H2,(H,18,21). The molecule has 2 aromatic heterocycles. The number of rotatable bonds is 5. The molecule has 0 atom stereocenters. The Labute approximate surface area is 157 Å². The predicted octanol–water partition coefficient (Wildman–Crippen LogP) is 0.927. The molecule has 10 nitrogen and oxygen atoms in total. The summed E-state index contributed by atoms with van der Waals surface area (Å²) in [6.07, 6.45) is 4.60. The van der Waals surface area contributed by atoms with Gasteiger partial charge in [0.05, 0.1) is 28.1 Å². The average Bonchev–Trinajstić information content (AvgIpc) is 3.10. The van der Waals surface area contributed by atoms with Crippen molar-refractivity contribution in [2.75, 3.05) is 0 Å². The summed E-state index contributed by atoms with van der Waals surface area (Å²) >= 11 is 6.29. The van der Waals surface area contributed by atoms with Gasteiger partial charge in [0.25, 0.3) is 0 Å². The SMILES string of the molecule is O=c1[nH]c2cc(Cl)c(-n3ccnc3)cc2n(CCCC2OS(=O)(=O)O2)c1=O. The molecule has 4 rings (SSSR count). The molecule has 3 aromatic rings. The number of hydrogen-bond acceptors (Lipinski definition) is 7. The first-order valence-corrected chi connectivity index (χ1v) is 9.61. The number of H-pyrrole nitrogens is 1. The maximum absolute atomic E-state index is 12.3. The molecule has 27 heavy (non-hydrogen) atoms. The van der Waals surface area contributed by atoms with Gasteiger partial charge in [-0.15, -0.1) is 0 Å². The number of nitrogens with zero attached hydrogens (tertiary/aromatic N) is 3. The maximum atomic E-state index is 12.3. The molecule has 12 heteroatoms. The highest BCUT2D eigenvalue weighted by Gasteiger charge is 2.35. The molecule has 0 bridgehead atoms. The van der Waals surface area contributed by atoms with E-state index in [0.29, 0.717) is 28.2 Å². The minimum absolute atomic E-state index is 0.174. The predicted molar refractivity (Wildman–Crippen MR) is 95.1 cm³/mol. The number of aromatic amines is 1. The quantitative estimate of drug-likeness (QED) is 0.618. The molecule has 0 spiro atoms. The Bertz CT molecular complexity index is 1220. The number of aryl methyl sites for hydroxylation is 1. The summed E-state index contributed by atoms with van der Waals surface area (Å²) in [4.78, 5) is 30.8. The van der Waals surface area contributed by atoms with Crippen LogP contribution in [0.5, 0.6) is 0 Å². The molecule has 3 heterocycles. The van der Waals surface area contributed by atoms with Gasteiger partial charge in [0.1, 0.15) is 0 Å². The molecule has 142 valence electrons. The lowest BCUT2D eigenvalue weighted by Crippen LogP contribution is -2.38. The first kappa shape index (κ1) is 17.9. The summed E-state index contributed by atoms with van der Waals surface area (Å²) in [5.74, 6) is 0. The molecule has 0 radical (unpaired) electrons. The molecule has 1 N–H and O–H groups in total. The Morgan fingerprint density at radius 2 is 2.04 bits per heavy atom. The lowest BCUT2D eigenvalue weighted by molar-refractivity contribution is -0.0844. The number of nitrogens with one attached hydrogen (secondary N) is 1. The number of hydrogen-bond donors (Lipinski definition) is 1. The molecular weight excluding hydrogens is 400 g/mol. The van der Waals surface area contributed by atoms with Crippen LogP contribution < -0.4 is 11.1 Å². The van der Waals surface area contributed by atoms with Crippen molar-refractivity contribution in [1.29, 1.82) is 0 Å². The number of halogens is 1. The Morgan fingerprint density at radius 3 is 2.70 bits per heavy atom. The fraction of sp³-hybridized carbons (Fsp3) is 0.267. The van der Waals surface area contributed by atoms with Crippen molar-refractivity contribution in [1.82, 2.24) is 19.1 Å². The van der Waals surface area contributed by atoms with Crippen LogP contribution in [0.3, 0.4) is 0 Å². The van der Waals surface area contributed by atoms with E-state index in [1.165, 1.54) is 4.57 Å². The summed E-state index contributed by atoms with van der Waals surface area (Å²) < 4.78 is 33.8. The highest BCUT2D eigenvalue weighted by molar-refractivity contribution is 7.82. The van der Waals surface area contributed by atoms with Gasteiger partial charge >= 0.3 is 21.5 Å². The van der Waals surface area contributed by atoms with Crippen LogP contribution in [0.15, 0.2) is 40.4 Å². The zero-order valence-electron chi connectivity index (χ0n) is 13.7. The lowest BCUT2D eigenvalue weighted by Gasteiger charge is -2.24. The highest BCUT2D eigenvalue weighted by Crippen LogP contribution is 2.26. The minimum atomic E-state index is -3.86. The first-order chi connectivity index (χ1) is 12.8. The number of imidazole rings is 1. The van der Waals surface area contributed by atoms with Gasteiger partial charge in [-0.3, -0.25) is 9.59 Å². The van der Waals surface area contributed by atoms with Crippen LogP contribution in [-0.2, 0) is 25.3 Å². The van der Waals surface area contributed by atoms with Gasteiger partial charge in [0, 0.05) is 25.4 Å². The van der Waals surface area contributed by atoms with Crippen molar-refractivity contribution in [3.05, 3.63) is 56.6 Å². The Morgan fingerprint density at radius 1 is 1.26 bits per heavy atom. The fourth-order valence-electron chi connectivity index (χ4n) is 2.89. The van der Waals surface area contributed by atoms with Gasteiger partial charge in [-0.2, -0.15) is 8.42 Å². The second kappa shape index (κ2) is 6.60. The zero-order chi connectivity index (χ0) is 19.2. The van der Waals surface area contributed by atoms with Crippen LogP contribution in [-0.4, -0.2) is 33.8 Å². The van der Waals surface area contributed by atoms with Crippen molar-refractivity contribution in [3.8, 4) is 5.69 Å². The van der Waals surface area contributed by atoms with Gasteiger partial charge in [0.15, 0.2) is 6.29 Å². The van der Waals surface area contributed by atoms with Gasteiger partial charge < -0.3 is 14.1 Å². The van der Waals surface area contributed by atoms with E-state index in [1.54, 1.807) is 35.4 Å². The van der Waals surface area contributed by atoms with Gasteiger partial charge in [-0.25, -0.2) is 13.4 Å². The molecule has 1 aliphatic heterocycles.